The van der Waals surface area contributed by atoms with Gasteiger partial charge < -0.3 is 9.84 Å². The Morgan fingerprint density at radius 1 is 1.21 bits per heavy atom. The summed E-state index contributed by atoms with van der Waals surface area (Å²) in [6.45, 7) is 0.0868. The van der Waals surface area contributed by atoms with E-state index < -0.39 is 12.3 Å². The highest BCUT2D eigenvalue weighted by Gasteiger charge is 2.33. The van der Waals surface area contributed by atoms with E-state index in [-0.39, 0.29) is 23.8 Å². The van der Waals surface area contributed by atoms with Crippen LogP contribution in [0.5, 0.6) is 5.75 Å². The van der Waals surface area contributed by atoms with Crippen molar-refractivity contribution in [1.82, 2.24) is 4.90 Å². The van der Waals surface area contributed by atoms with Gasteiger partial charge in [-0.2, -0.15) is 0 Å². The van der Waals surface area contributed by atoms with Gasteiger partial charge in [-0.15, -0.1) is 13.2 Å². The summed E-state index contributed by atoms with van der Waals surface area (Å²) < 4.78 is 40.8. The molecular formula is C19H12F3NO4S2. The molecule has 1 aliphatic heterocycles. The summed E-state index contributed by atoms with van der Waals surface area (Å²) in [4.78, 5) is 25.4. The van der Waals surface area contributed by atoms with Gasteiger partial charge in [0.25, 0.3) is 5.91 Å². The number of carbonyl (C=O) groups is 2. The zero-order valence-electron chi connectivity index (χ0n) is 14.5. The molecule has 150 valence electrons. The molecule has 0 bridgehead atoms. The first kappa shape index (κ1) is 20.9. The van der Waals surface area contributed by atoms with E-state index in [4.69, 9.17) is 17.3 Å². The van der Waals surface area contributed by atoms with E-state index in [2.05, 4.69) is 4.74 Å². The van der Waals surface area contributed by atoms with Gasteiger partial charge in [-0.1, -0.05) is 48.2 Å². The summed E-state index contributed by atoms with van der Waals surface area (Å²) in [5, 5.41) is 9.06. The lowest BCUT2D eigenvalue weighted by Crippen LogP contribution is -2.27. The highest BCUT2D eigenvalue weighted by atomic mass is 32.2. The van der Waals surface area contributed by atoms with E-state index in [0.29, 0.717) is 20.4 Å². The number of carboxylic acid groups (broad SMARTS) is 1. The van der Waals surface area contributed by atoms with Crippen LogP contribution >= 0.6 is 24.0 Å². The number of aromatic carboxylic acids is 1. The van der Waals surface area contributed by atoms with E-state index in [1.807, 2.05) is 0 Å². The Hall–Kier alpha value is -2.85. The van der Waals surface area contributed by atoms with Gasteiger partial charge in [-0.3, -0.25) is 9.69 Å². The second kappa shape index (κ2) is 8.26. The van der Waals surface area contributed by atoms with Gasteiger partial charge in [0.1, 0.15) is 10.1 Å². The molecule has 0 saturated carbocycles. The SMILES string of the molecule is O=C(O)c1cccc(/C=C2\SC(=S)N(Cc3ccc(OC(F)(F)F)cc3)C2=O)c1. The predicted octanol–water partition coefficient (Wildman–Crippen LogP) is 4.68. The topological polar surface area (TPSA) is 66.8 Å². The van der Waals surface area contributed by atoms with Crippen LogP contribution in [0, 0.1) is 0 Å². The molecule has 0 atom stereocenters. The number of halogens is 3. The van der Waals surface area contributed by atoms with Gasteiger partial charge in [-0.25, -0.2) is 4.79 Å². The molecule has 29 heavy (non-hydrogen) atoms. The average Bonchev–Trinajstić information content (AvgIpc) is 2.89. The summed E-state index contributed by atoms with van der Waals surface area (Å²) in [7, 11) is 0. The molecule has 1 fully saturated rings. The highest BCUT2D eigenvalue weighted by molar-refractivity contribution is 8.26. The first-order valence-corrected chi connectivity index (χ1v) is 9.28. The highest BCUT2D eigenvalue weighted by Crippen LogP contribution is 2.34. The van der Waals surface area contributed by atoms with Crippen molar-refractivity contribution in [2.45, 2.75) is 12.9 Å². The lowest BCUT2D eigenvalue weighted by Gasteiger charge is -2.15. The molecule has 0 aromatic heterocycles. The maximum Gasteiger partial charge on any atom is 0.573 e. The number of nitrogens with zero attached hydrogens (tertiary/aromatic N) is 1. The van der Waals surface area contributed by atoms with Crippen LogP contribution in [0.1, 0.15) is 21.5 Å². The normalized spacial score (nSPS) is 15.8. The van der Waals surface area contributed by atoms with Gasteiger partial charge in [0, 0.05) is 0 Å². The van der Waals surface area contributed by atoms with Gasteiger partial charge in [0.05, 0.1) is 17.0 Å². The summed E-state index contributed by atoms with van der Waals surface area (Å²) in [5.41, 5.74) is 1.21. The van der Waals surface area contributed by atoms with Crippen LogP contribution < -0.4 is 4.74 Å². The fourth-order valence-corrected chi connectivity index (χ4v) is 3.78. The number of thioether (sulfide) groups is 1. The summed E-state index contributed by atoms with van der Waals surface area (Å²) in [5.74, 6) is -1.80. The third kappa shape index (κ3) is 5.36. The molecule has 3 rings (SSSR count). The number of carbonyl (C=O) groups excluding carboxylic acids is 1. The molecule has 0 unspecified atom stereocenters. The Morgan fingerprint density at radius 2 is 1.90 bits per heavy atom. The van der Waals surface area contributed by atoms with Gasteiger partial charge in [0.2, 0.25) is 0 Å². The number of rotatable bonds is 5. The third-order valence-electron chi connectivity index (χ3n) is 3.80. The zero-order chi connectivity index (χ0) is 21.2. The molecule has 0 spiro atoms. The van der Waals surface area contributed by atoms with E-state index in [9.17, 15) is 22.8 Å². The number of alkyl halides is 3. The van der Waals surface area contributed by atoms with Crippen molar-refractivity contribution in [2.75, 3.05) is 0 Å². The first-order valence-electron chi connectivity index (χ1n) is 8.06. The number of hydrogen-bond donors (Lipinski definition) is 1. The van der Waals surface area contributed by atoms with Crippen molar-refractivity contribution < 1.29 is 32.6 Å². The minimum absolute atomic E-state index is 0.0868. The maximum atomic E-state index is 12.7. The van der Waals surface area contributed by atoms with Crippen molar-refractivity contribution in [3.63, 3.8) is 0 Å². The maximum absolute atomic E-state index is 12.7. The lowest BCUT2D eigenvalue weighted by molar-refractivity contribution is -0.274. The van der Waals surface area contributed by atoms with Crippen molar-refractivity contribution >= 4 is 46.3 Å². The Balaban J connectivity index is 1.74. The number of amides is 1. The van der Waals surface area contributed by atoms with Crippen LogP contribution in [0.2, 0.25) is 0 Å². The molecule has 2 aromatic carbocycles. The Morgan fingerprint density at radius 3 is 2.52 bits per heavy atom. The van der Waals surface area contributed by atoms with Crippen LogP contribution in [-0.4, -0.2) is 32.6 Å². The Kier molecular flexibility index (Phi) is 5.94. The molecule has 0 radical (unpaired) electrons. The second-order valence-corrected chi connectivity index (χ2v) is 7.57. The molecule has 1 aliphatic rings. The van der Waals surface area contributed by atoms with Crippen LogP contribution in [0.25, 0.3) is 6.08 Å². The predicted molar refractivity (Wildman–Crippen MR) is 105 cm³/mol. The molecular weight excluding hydrogens is 427 g/mol. The Labute approximate surface area is 172 Å². The zero-order valence-corrected chi connectivity index (χ0v) is 16.1. The van der Waals surface area contributed by atoms with E-state index in [1.54, 1.807) is 18.2 Å². The van der Waals surface area contributed by atoms with Crippen molar-refractivity contribution in [3.05, 3.63) is 70.1 Å². The Bertz CT molecular complexity index is 1000. The van der Waals surface area contributed by atoms with E-state index >= 15 is 0 Å². The standard InChI is InChI=1S/C19H12F3NO4S2/c20-19(21,22)27-14-6-4-11(5-7-14)10-23-16(24)15(29-18(23)28)9-12-2-1-3-13(8-12)17(25)26/h1-9H,10H2,(H,25,26)/b15-9-. The summed E-state index contributed by atoms with van der Waals surface area (Å²) in [6.07, 6.45) is -3.23. The monoisotopic (exact) mass is 439 g/mol. The summed E-state index contributed by atoms with van der Waals surface area (Å²) in [6, 6.07) is 11.3. The van der Waals surface area contributed by atoms with Crippen molar-refractivity contribution in [2.24, 2.45) is 0 Å². The van der Waals surface area contributed by atoms with Gasteiger partial charge in [-0.05, 0) is 41.5 Å². The van der Waals surface area contributed by atoms with Crippen molar-refractivity contribution in [1.29, 1.82) is 0 Å². The fraction of sp³-hybridized carbons (Fsp3) is 0.105. The molecule has 2 aromatic rings. The van der Waals surface area contributed by atoms with E-state index in [1.165, 1.54) is 29.2 Å². The fourth-order valence-electron chi connectivity index (χ4n) is 2.53. The van der Waals surface area contributed by atoms with Crippen LogP contribution in [0.15, 0.2) is 53.4 Å². The lowest BCUT2D eigenvalue weighted by atomic mass is 10.1. The minimum Gasteiger partial charge on any atom is -0.478 e. The molecule has 1 N–H and O–H groups in total. The molecule has 1 amide bonds. The number of benzene rings is 2. The van der Waals surface area contributed by atoms with Crippen LogP contribution in [-0.2, 0) is 11.3 Å². The first-order chi connectivity index (χ1) is 13.6. The molecule has 1 saturated heterocycles. The number of hydrogen-bond acceptors (Lipinski definition) is 5. The van der Waals surface area contributed by atoms with Crippen LogP contribution in [0.4, 0.5) is 13.2 Å². The third-order valence-corrected chi connectivity index (χ3v) is 5.18. The number of carboxylic acids is 1. The molecule has 0 aliphatic carbocycles. The van der Waals surface area contributed by atoms with E-state index in [0.717, 1.165) is 23.9 Å². The molecule has 1 heterocycles. The number of thiocarbonyl (C=S) groups is 1. The quantitative estimate of drug-likeness (QED) is 0.539. The van der Waals surface area contributed by atoms with Gasteiger partial charge >= 0.3 is 12.3 Å². The second-order valence-electron chi connectivity index (χ2n) is 5.89. The number of ether oxygens (including phenoxy) is 1. The molecule has 5 nitrogen and oxygen atoms in total. The smallest absolute Gasteiger partial charge is 0.478 e. The largest absolute Gasteiger partial charge is 0.573 e. The van der Waals surface area contributed by atoms with Crippen LogP contribution in [0.3, 0.4) is 0 Å². The summed E-state index contributed by atoms with van der Waals surface area (Å²) >= 11 is 6.30. The average molecular weight is 439 g/mol. The van der Waals surface area contributed by atoms with Gasteiger partial charge in [0.15, 0.2) is 0 Å². The van der Waals surface area contributed by atoms with Crippen molar-refractivity contribution in [3.8, 4) is 5.75 Å². The minimum atomic E-state index is -4.78. The molecule has 10 heteroatoms.